The Balaban J connectivity index is 2.57. The molecular formula is C14H16N4O4. The number of nitrogens with one attached hydrogen (secondary N) is 1. The number of nitrogens with zero attached hydrogens (tertiary/aromatic N) is 3. The van der Waals surface area contributed by atoms with E-state index in [-0.39, 0.29) is 16.9 Å². The summed E-state index contributed by atoms with van der Waals surface area (Å²) in [6, 6.07) is 7.47. The normalized spacial score (nSPS) is 11.2. The van der Waals surface area contributed by atoms with Crippen LogP contribution in [0.4, 0.5) is 16.3 Å². The van der Waals surface area contributed by atoms with Gasteiger partial charge in [-0.2, -0.15) is 5.10 Å². The van der Waals surface area contributed by atoms with Crippen molar-refractivity contribution in [3.05, 3.63) is 46.1 Å². The number of benzene rings is 1. The summed E-state index contributed by atoms with van der Waals surface area (Å²) >= 11 is 0. The van der Waals surface area contributed by atoms with Gasteiger partial charge in [0.25, 0.3) is 5.69 Å². The summed E-state index contributed by atoms with van der Waals surface area (Å²) in [5, 5.41) is 26.4. The molecule has 0 spiro atoms. The second-order valence-electron chi connectivity index (χ2n) is 5.78. The summed E-state index contributed by atoms with van der Waals surface area (Å²) in [4.78, 5) is 21.3. The quantitative estimate of drug-likeness (QED) is 0.668. The minimum Gasteiger partial charge on any atom is -0.465 e. The van der Waals surface area contributed by atoms with Gasteiger partial charge in [-0.25, -0.2) is 9.48 Å². The molecule has 1 heterocycles. The largest absolute Gasteiger partial charge is 0.465 e. The summed E-state index contributed by atoms with van der Waals surface area (Å²) in [5.41, 5.74) is 0.698. The van der Waals surface area contributed by atoms with Crippen molar-refractivity contribution in [2.24, 2.45) is 0 Å². The summed E-state index contributed by atoms with van der Waals surface area (Å²) in [5.74, 6) is 0.234. The van der Waals surface area contributed by atoms with Crippen molar-refractivity contribution in [3.63, 3.8) is 0 Å². The SMILES string of the molecule is CC(C)(C)c1cc(NC(=O)O)n(-c2cccc([N+](=O)[O-])c2)n1. The lowest BCUT2D eigenvalue weighted by atomic mass is 9.92. The van der Waals surface area contributed by atoms with Gasteiger partial charge in [-0.3, -0.25) is 15.4 Å². The minimum atomic E-state index is -1.23. The van der Waals surface area contributed by atoms with Gasteiger partial charge in [0.05, 0.1) is 16.3 Å². The number of non-ortho nitro benzene ring substituents is 1. The predicted octanol–water partition coefficient (Wildman–Crippen LogP) is 3.17. The van der Waals surface area contributed by atoms with Gasteiger partial charge in [-0.15, -0.1) is 0 Å². The van der Waals surface area contributed by atoms with Gasteiger partial charge < -0.3 is 5.11 Å². The maximum Gasteiger partial charge on any atom is 0.410 e. The zero-order valence-corrected chi connectivity index (χ0v) is 12.4. The monoisotopic (exact) mass is 304 g/mol. The van der Waals surface area contributed by atoms with Crippen LogP contribution in [0.15, 0.2) is 30.3 Å². The van der Waals surface area contributed by atoms with Crippen LogP contribution in [0, 0.1) is 10.1 Å². The van der Waals surface area contributed by atoms with E-state index in [0.29, 0.717) is 11.4 Å². The zero-order valence-electron chi connectivity index (χ0n) is 12.4. The van der Waals surface area contributed by atoms with Gasteiger partial charge in [-0.1, -0.05) is 26.8 Å². The molecule has 0 unspecified atom stereocenters. The van der Waals surface area contributed by atoms with E-state index in [2.05, 4.69) is 10.4 Å². The van der Waals surface area contributed by atoms with Crippen molar-refractivity contribution in [1.29, 1.82) is 0 Å². The molecular weight excluding hydrogens is 288 g/mol. The Hall–Kier alpha value is -2.90. The molecule has 0 bridgehead atoms. The highest BCUT2D eigenvalue weighted by Crippen LogP contribution is 2.27. The highest BCUT2D eigenvalue weighted by atomic mass is 16.6. The first-order valence-electron chi connectivity index (χ1n) is 6.54. The Bertz CT molecular complexity index is 731. The average Bonchev–Trinajstić information content (AvgIpc) is 2.82. The molecule has 0 aliphatic heterocycles. The summed E-state index contributed by atoms with van der Waals surface area (Å²) in [6.07, 6.45) is -1.23. The molecule has 22 heavy (non-hydrogen) atoms. The Morgan fingerprint density at radius 3 is 2.59 bits per heavy atom. The van der Waals surface area contributed by atoms with Crippen molar-refractivity contribution in [1.82, 2.24) is 9.78 Å². The van der Waals surface area contributed by atoms with Crippen LogP contribution < -0.4 is 5.32 Å². The number of anilines is 1. The number of nitro benzene ring substituents is 1. The lowest BCUT2D eigenvalue weighted by Gasteiger charge is -2.14. The number of hydrogen-bond donors (Lipinski definition) is 2. The molecule has 2 rings (SSSR count). The Kier molecular flexibility index (Phi) is 3.85. The molecule has 0 saturated heterocycles. The van der Waals surface area contributed by atoms with Gasteiger partial charge >= 0.3 is 6.09 Å². The molecule has 2 N–H and O–H groups in total. The average molecular weight is 304 g/mol. The number of carbonyl (C=O) groups is 1. The van der Waals surface area contributed by atoms with Gasteiger partial charge in [0.15, 0.2) is 0 Å². The molecule has 8 heteroatoms. The maximum atomic E-state index is 10.9. The molecule has 0 saturated carbocycles. The lowest BCUT2D eigenvalue weighted by molar-refractivity contribution is -0.384. The van der Waals surface area contributed by atoms with Gasteiger partial charge in [-0.05, 0) is 6.07 Å². The molecule has 1 amide bonds. The van der Waals surface area contributed by atoms with Crippen LogP contribution in [0.25, 0.3) is 5.69 Å². The third kappa shape index (κ3) is 3.22. The Morgan fingerprint density at radius 2 is 2.05 bits per heavy atom. The van der Waals surface area contributed by atoms with Gasteiger partial charge in [0.2, 0.25) is 0 Å². The number of carboxylic acid groups (broad SMARTS) is 1. The van der Waals surface area contributed by atoms with Gasteiger partial charge in [0, 0.05) is 23.6 Å². The highest BCUT2D eigenvalue weighted by molar-refractivity contribution is 5.82. The van der Waals surface area contributed by atoms with Crippen LogP contribution in [-0.4, -0.2) is 25.9 Å². The van der Waals surface area contributed by atoms with E-state index in [1.165, 1.54) is 22.9 Å². The molecule has 0 aliphatic rings. The predicted molar refractivity (Wildman–Crippen MR) is 80.6 cm³/mol. The third-order valence-electron chi connectivity index (χ3n) is 3.00. The number of nitro groups is 1. The van der Waals surface area contributed by atoms with Gasteiger partial charge in [0.1, 0.15) is 5.82 Å². The topological polar surface area (TPSA) is 110 Å². The molecule has 0 atom stereocenters. The Labute approximate surface area is 126 Å². The van der Waals surface area contributed by atoms with Crippen LogP contribution in [0.2, 0.25) is 0 Å². The molecule has 8 nitrogen and oxygen atoms in total. The molecule has 1 aromatic carbocycles. The van der Waals surface area contributed by atoms with Crippen LogP contribution in [-0.2, 0) is 5.41 Å². The van der Waals surface area contributed by atoms with E-state index in [4.69, 9.17) is 5.11 Å². The molecule has 0 fully saturated rings. The fourth-order valence-electron chi connectivity index (χ4n) is 1.88. The lowest BCUT2D eigenvalue weighted by Crippen LogP contribution is -2.13. The number of hydrogen-bond acceptors (Lipinski definition) is 4. The number of aromatic nitrogens is 2. The van der Waals surface area contributed by atoms with Crippen LogP contribution >= 0.6 is 0 Å². The fraction of sp³-hybridized carbons (Fsp3) is 0.286. The van der Waals surface area contributed by atoms with E-state index in [0.717, 1.165) is 0 Å². The second-order valence-corrected chi connectivity index (χ2v) is 5.78. The zero-order chi connectivity index (χ0) is 16.5. The molecule has 0 aliphatic carbocycles. The van der Waals surface area contributed by atoms with Crippen molar-refractivity contribution in [2.45, 2.75) is 26.2 Å². The summed E-state index contributed by atoms with van der Waals surface area (Å²) < 4.78 is 1.35. The first-order chi connectivity index (χ1) is 10.2. The second kappa shape index (κ2) is 5.47. The maximum absolute atomic E-state index is 10.9. The number of rotatable bonds is 3. The smallest absolute Gasteiger partial charge is 0.410 e. The van der Waals surface area contributed by atoms with E-state index in [1.54, 1.807) is 12.1 Å². The van der Waals surface area contributed by atoms with E-state index < -0.39 is 11.0 Å². The first kappa shape index (κ1) is 15.5. The van der Waals surface area contributed by atoms with Crippen LogP contribution in [0.1, 0.15) is 26.5 Å². The van der Waals surface area contributed by atoms with E-state index >= 15 is 0 Å². The molecule has 116 valence electrons. The molecule has 0 radical (unpaired) electrons. The first-order valence-corrected chi connectivity index (χ1v) is 6.54. The van der Waals surface area contributed by atoms with E-state index in [9.17, 15) is 14.9 Å². The molecule has 1 aromatic heterocycles. The number of amides is 1. The van der Waals surface area contributed by atoms with Crippen molar-refractivity contribution in [3.8, 4) is 5.69 Å². The van der Waals surface area contributed by atoms with E-state index in [1.807, 2.05) is 20.8 Å². The summed E-state index contributed by atoms with van der Waals surface area (Å²) in [6.45, 7) is 5.83. The van der Waals surface area contributed by atoms with Crippen molar-refractivity contribution in [2.75, 3.05) is 5.32 Å². The van der Waals surface area contributed by atoms with Crippen molar-refractivity contribution < 1.29 is 14.8 Å². The summed E-state index contributed by atoms with van der Waals surface area (Å²) in [7, 11) is 0. The Morgan fingerprint density at radius 1 is 1.36 bits per heavy atom. The third-order valence-corrected chi connectivity index (χ3v) is 3.00. The van der Waals surface area contributed by atoms with Crippen LogP contribution in [0.3, 0.4) is 0 Å². The minimum absolute atomic E-state index is 0.0911. The highest BCUT2D eigenvalue weighted by Gasteiger charge is 2.22. The standard InChI is InChI=1S/C14H16N4O4/c1-14(2,3)11-8-12(15-13(19)20)17(16-11)9-5-4-6-10(7-9)18(21)22/h4-8,15H,1-3H3,(H,19,20). The van der Waals surface area contributed by atoms with Crippen LogP contribution in [0.5, 0.6) is 0 Å². The molecule has 2 aromatic rings. The fourth-order valence-corrected chi connectivity index (χ4v) is 1.88. The van der Waals surface area contributed by atoms with Crippen molar-refractivity contribution >= 4 is 17.6 Å².